The van der Waals surface area contributed by atoms with Crippen LogP contribution in [0.25, 0.3) is 5.69 Å². The Balaban J connectivity index is 1.98. The minimum absolute atomic E-state index is 0.225. The first kappa shape index (κ1) is 15.3. The normalized spacial score (nSPS) is 10.7. The van der Waals surface area contributed by atoms with E-state index in [2.05, 4.69) is 10.4 Å². The highest BCUT2D eigenvalue weighted by Crippen LogP contribution is 2.25. The number of benzene rings is 2. The molecule has 7 heteroatoms. The van der Waals surface area contributed by atoms with Gasteiger partial charge in [0.25, 0.3) is 0 Å². The summed E-state index contributed by atoms with van der Waals surface area (Å²) in [5.41, 5.74) is 1.92. The van der Waals surface area contributed by atoms with E-state index in [0.29, 0.717) is 16.3 Å². The van der Waals surface area contributed by atoms with Gasteiger partial charge < -0.3 is 4.74 Å². The Morgan fingerprint density at radius 3 is 2.61 bits per heavy atom. The molecule has 1 aromatic heterocycles. The van der Waals surface area contributed by atoms with Crippen LogP contribution < -0.4 is 10.4 Å². The van der Waals surface area contributed by atoms with E-state index < -0.39 is 0 Å². The Bertz CT molecular complexity index is 901. The fourth-order valence-electron chi connectivity index (χ4n) is 2.22. The van der Waals surface area contributed by atoms with Crippen LogP contribution in [0.2, 0.25) is 5.02 Å². The molecular weight excluding hydrogens is 316 g/mol. The molecule has 0 saturated heterocycles. The summed E-state index contributed by atoms with van der Waals surface area (Å²) in [5, 5.41) is 8.10. The number of hydrogen-bond donors (Lipinski definition) is 0. The molecule has 1 heterocycles. The molecule has 23 heavy (non-hydrogen) atoms. The molecule has 0 spiro atoms. The number of halogens is 1. The lowest BCUT2D eigenvalue weighted by molar-refractivity contribution is 0.303. The van der Waals surface area contributed by atoms with E-state index in [1.807, 2.05) is 31.2 Å². The summed E-state index contributed by atoms with van der Waals surface area (Å²) in [4.78, 5) is 12.1. The summed E-state index contributed by atoms with van der Waals surface area (Å²) in [6.07, 6.45) is 0. The minimum atomic E-state index is -0.343. The molecule has 3 aromatic rings. The molecular formula is C16H15ClN4O2. The maximum absolute atomic E-state index is 12.1. The third kappa shape index (κ3) is 2.98. The van der Waals surface area contributed by atoms with Crippen molar-refractivity contribution in [2.24, 2.45) is 7.05 Å². The molecule has 6 nitrogen and oxygen atoms in total. The first-order valence-corrected chi connectivity index (χ1v) is 7.41. The van der Waals surface area contributed by atoms with Gasteiger partial charge in [0.2, 0.25) is 0 Å². The van der Waals surface area contributed by atoms with Gasteiger partial charge in [0, 0.05) is 17.6 Å². The summed E-state index contributed by atoms with van der Waals surface area (Å²) in [6, 6.07) is 13.0. The van der Waals surface area contributed by atoms with Gasteiger partial charge in [-0.1, -0.05) is 35.9 Å². The quantitative estimate of drug-likeness (QED) is 0.737. The first-order chi connectivity index (χ1) is 11.1. The van der Waals surface area contributed by atoms with Crippen LogP contribution in [-0.2, 0) is 13.7 Å². The van der Waals surface area contributed by atoms with Gasteiger partial charge >= 0.3 is 5.69 Å². The van der Waals surface area contributed by atoms with Crippen molar-refractivity contribution < 1.29 is 4.74 Å². The number of ether oxygens (including phenoxy) is 1. The lowest BCUT2D eigenvalue weighted by Gasteiger charge is -2.13. The lowest BCUT2D eigenvalue weighted by Crippen LogP contribution is -2.23. The van der Waals surface area contributed by atoms with Crippen LogP contribution >= 0.6 is 11.6 Å². The summed E-state index contributed by atoms with van der Waals surface area (Å²) >= 11 is 6.29. The standard InChI is InChI=1S/C16H15ClN4O2/c1-11-6-3-4-9-15(11)23-10-12-13(17)7-5-8-14(12)21-16(22)20(2)18-19-21/h3-9H,10H2,1-2H3. The van der Waals surface area contributed by atoms with Gasteiger partial charge in [-0.05, 0) is 41.1 Å². The fraction of sp³-hybridized carbons (Fsp3) is 0.188. The van der Waals surface area contributed by atoms with Gasteiger partial charge in [0.15, 0.2) is 0 Å². The molecule has 0 unspecified atom stereocenters. The highest BCUT2D eigenvalue weighted by Gasteiger charge is 2.14. The molecule has 0 saturated carbocycles. The van der Waals surface area contributed by atoms with Crippen molar-refractivity contribution in [3.05, 3.63) is 69.1 Å². The van der Waals surface area contributed by atoms with Crippen molar-refractivity contribution in [2.75, 3.05) is 0 Å². The van der Waals surface area contributed by atoms with E-state index >= 15 is 0 Å². The van der Waals surface area contributed by atoms with Crippen molar-refractivity contribution in [3.8, 4) is 11.4 Å². The second-order valence-electron chi connectivity index (χ2n) is 5.09. The predicted molar refractivity (Wildman–Crippen MR) is 87.1 cm³/mol. The monoisotopic (exact) mass is 330 g/mol. The number of rotatable bonds is 4. The Morgan fingerprint density at radius 1 is 1.13 bits per heavy atom. The van der Waals surface area contributed by atoms with E-state index in [0.717, 1.165) is 16.0 Å². The van der Waals surface area contributed by atoms with Crippen LogP contribution in [0.5, 0.6) is 5.75 Å². The third-order valence-corrected chi connectivity index (χ3v) is 3.86. The second kappa shape index (κ2) is 6.26. The predicted octanol–water partition coefficient (Wildman–Crippen LogP) is 2.51. The molecule has 0 aliphatic rings. The van der Waals surface area contributed by atoms with Gasteiger partial charge in [-0.3, -0.25) is 0 Å². The molecule has 0 aliphatic carbocycles. The molecule has 2 aromatic carbocycles. The van der Waals surface area contributed by atoms with Crippen LogP contribution in [0.3, 0.4) is 0 Å². The zero-order valence-electron chi connectivity index (χ0n) is 12.7. The summed E-state index contributed by atoms with van der Waals surface area (Å²) in [7, 11) is 1.54. The smallest absolute Gasteiger partial charge is 0.368 e. The molecule has 0 bridgehead atoms. The highest BCUT2D eigenvalue weighted by molar-refractivity contribution is 6.31. The average molecular weight is 331 g/mol. The highest BCUT2D eigenvalue weighted by atomic mass is 35.5. The molecule has 0 atom stereocenters. The Kier molecular flexibility index (Phi) is 4.16. The molecule has 118 valence electrons. The lowest BCUT2D eigenvalue weighted by atomic mass is 10.2. The second-order valence-corrected chi connectivity index (χ2v) is 5.50. The number of aromatic nitrogens is 4. The fourth-order valence-corrected chi connectivity index (χ4v) is 2.45. The van der Waals surface area contributed by atoms with Crippen LogP contribution in [0, 0.1) is 6.92 Å². The van der Waals surface area contributed by atoms with Gasteiger partial charge in [-0.25, -0.2) is 4.79 Å². The summed E-state index contributed by atoms with van der Waals surface area (Å²) < 4.78 is 8.23. The maximum Gasteiger partial charge on any atom is 0.368 e. The number of nitrogens with zero attached hydrogens (tertiary/aromatic N) is 4. The average Bonchev–Trinajstić information content (AvgIpc) is 2.87. The van der Waals surface area contributed by atoms with E-state index in [1.165, 1.54) is 4.68 Å². The Labute approximate surface area is 137 Å². The van der Waals surface area contributed by atoms with Crippen LogP contribution in [-0.4, -0.2) is 19.8 Å². The van der Waals surface area contributed by atoms with Crippen molar-refractivity contribution in [1.82, 2.24) is 19.8 Å². The minimum Gasteiger partial charge on any atom is -0.488 e. The van der Waals surface area contributed by atoms with Crippen LogP contribution in [0.1, 0.15) is 11.1 Å². The van der Waals surface area contributed by atoms with Crippen LogP contribution in [0.4, 0.5) is 0 Å². The van der Waals surface area contributed by atoms with E-state index in [-0.39, 0.29) is 12.3 Å². The SMILES string of the molecule is Cc1ccccc1OCc1c(Cl)cccc1-n1nnn(C)c1=O. The van der Waals surface area contributed by atoms with Gasteiger partial charge in [0.05, 0.1) is 5.69 Å². The Morgan fingerprint density at radius 2 is 1.91 bits per heavy atom. The summed E-state index contributed by atoms with van der Waals surface area (Å²) in [6.45, 7) is 2.19. The van der Waals surface area contributed by atoms with E-state index in [4.69, 9.17) is 16.3 Å². The van der Waals surface area contributed by atoms with Crippen molar-refractivity contribution in [3.63, 3.8) is 0 Å². The van der Waals surface area contributed by atoms with Crippen LogP contribution in [0.15, 0.2) is 47.3 Å². The number of aryl methyl sites for hydroxylation is 2. The number of para-hydroxylation sites is 1. The zero-order valence-corrected chi connectivity index (χ0v) is 13.5. The van der Waals surface area contributed by atoms with Crippen molar-refractivity contribution in [2.45, 2.75) is 13.5 Å². The molecule has 0 aliphatic heterocycles. The summed E-state index contributed by atoms with van der Waals surface area (Å²) in [5.74, 6) is 0.768. The van der Waals surface area contributed by atoms with Crippen molar-refractivity contribution in [1.29, 1.82) is 0 Å². The van der Waals surface area contributed by atoms with Gasteiger partial charge in [-0.2, -0.15) is 9.36 Å². The number of hydrogen-bond acceptors (Lipinski definition) is 4. The third-order valence-electron chi connectivity index (χ3n) is 3.51. The zero-order chi connectivity index (χ0) is 16.4. The first-order valence-electron chi connectivity index (χ1n) is 7.03. The molecule has 0 radical (unpaired) electrons. The van der Waals surface area contributed by atoms with Crippen molar-refractivity contribution >= 4 is 11.6 Å². The van der Waals surface area contributed by atoms with Gasteiger partial charge in [0.1, 0.15) is 12.4 Å². The molecule has 0 fully saturated rings. The molecule has 0 N–H and O–H groups in total. The molecule has 3 rings (SSSR count). The topological polar surface area (TPSA) is 61.9 Å². The Hall–Kier alpha value is -2.60. The van der Waals surface area contributed by atoms with Gasteiger partial charge in [-0.15, -0.1) is 0 Å². The van der Waals surface area contributed by atoms with E-state index in [9.17, 15) is 4.79 Å². The number of tetrazole rings is 1. The largest absolute Gasteiger partial charge is 0.488 e. The molecule has 0 amide bonds. The van der Waals surface area contributed by atoms with E-state index in [1.54, 1.807) is 25.2 Å². The maximum atomic E-state index is 12.1.